The zero-order chi connectivity index (χ0) is 24.9. The summed E-state index contributed by atoms with van der Waals surface area (Å²) in [5.74, 6) is -3.04. The number of carbonyl (C=O) groups excluding carboxylic acids is 1. The minimum atomic E-state index is -1.21. The third kappa shape index (κ3) is 5.45. The van der Waals surface area contributed by atoms with Crippen LogP contribution < -0.4 is 19.7 Å². The van der Waals surface area contributed by atoms with Crippen LogP contribution >= 0.6 is 0 Å². The number of anilines is 2. The van der Waals surface area contributed by atoms with Crippen molar-refractivity contribution in [1.82, 2.24) is 9.97 Å². The standard InChI is InChI=1S/C24H22F2N4O5/c1-34-23-17(3-2-8-27-23)22(31)29-15-12-19(21(24(32)33)28-13-15)30-9-6-16(7-10-30)35-20-5-4-14(25)11-18(20)26/h2-5,8,11-13,16H,6-7,9-10H2,1H3,(H,29,31)(H,32,33). The fourth-order valence-corrected chi connectivity index (χ4v) is 3.82. The van der Waals surface area contributed by atoms with Gasteiger partial charge in [0.15, 0.2) is 17.3 Å². The van der Waals surface area contributed by atoms with E-state index in [1.54, 1.807) is 12.1 Å². The van der Waals surface area contributed by atoms with Crippen LogP contribution in [-0.4, -0.2) is 53.3 Å². The molecule has 1 amide bonds. The van der Waals surface area contributed by atoms with Crippen molar-refractivity contribution in [3.63, 3.8) is 0 Å². The lowest BCUT2D eigenvalue weighted by molar-refractivity contribution is 0.0691. The monoisotopic (exact) mass is 484 g/mol. The Hall–Kier alpha value is -4.28. The van der Waals surface area contributed by atoms with E-state index in [4.69, 9.17) is 9.47 Å². The second-order valence-corrected chi connectivity index (χ2v) is 7.79. The van der Waals surface area contributed by atoms with E-state index >= 15 is 0 Å². The number of amides is 1. The Labute approximate surface area is 199 Å². The van der Waals surface area contributed by atoms with Gasteiger partial charge in [0.2, 0.25) is 5.88 Å². The second kappa shape index (κ2) is 10.3. The zero-order valence-corrected chi connectivity index (χ0v) is 18.7. The van der Waals surface area contributed by atoms with Gasteiger partial charge in [0.1, 0.15) is 17.5 Å². The molecule has 182 valence electrons. The fraction of sp³-hybridized carbons (Fsp3) is 0.250. The summed E-state index contributed by atoms with van der Waals surface area (Å²) >= 11 is 0. The maximum absolute atomic E-state index is 13.9. The lowest BCUT2D eigenvalue weighted by atomic mass is 10.1. The highest BCUT2D eigenvalue weighted by atomic mass is 19.1. The molecule has 35 heavy (non-hydrogen) atoms. The number of pyridine rings is 2. The van der Waals surface area contributed by atoms with E-state index in [1.165, 1.54) is 31.6 Å². The third-order valence-corrected chi connectivity index (χ3v) is 5.51. The molecule has 9 nitrogen and oxygen atoms in total. The Morgan fingerprint density at radius 3 is 2.60 bits per heavy atom. The first-order valence-corrected chi connectivity index (χ1v) is 10.8. The van der Waals surface area contributed by atoms with Crippen LogP contribution in [0.3, 0.4) is 0 Å². The number of aromatic nitrogens is 2. The number of benzene rings is 1. The molecule has 0 bridgehead atoms. The largest absolute Gasteiger partial charge is 0.487 e. The van der Waals surface area contributed by atoms with Crippen molar-refractivity contribution in [2.75, 3.05) is 30.4 Å². The number of hydrogen-bond donors (Lipinski definition) is 2. The quantitative estimate of drug-likeness (QED) is 0.521. The SMILES string of the molecule is COc1ncccc1C(=O)Nc1cnc(C(=O)O)c(N2CCC(Oc3ccc(F)cc3F)CC2)c1. The highest BCUT2D eigenvalue weighted by Gasteiger charge is 2.26. The van der Waals surface area contributed by atoms with E-state index in [2.05, 4.69) is 15.3 Å². The molecule has 3 aromatic rings. The van der Waals surface area contributed by atoms with Crippen LogP contribution in [0.5, 0.6) is 11.6 Å². The van der Waals surface area contributed by atoms with Gasteiger partial charge >= 0.3 is 5.97 Å². The predicted molar refractivity (Wildman–Crippen MR) is 122 cm³/mol. The molecule has 3 heterocycles. The Bertz CT molecular complexity index is 1250. The molecule has 0 aliphatic carbocycles. The summed E-state index contributed by atoms with van der Waals surface area (Å²) < 4.78 is 37.8. The highest BCUT2D eigenvalue weighted by Crippen LogP contribution is 2.29. The van der Waals surface area contributed by atoms with Crippen molar-refractivity contribution in [1.29, 1.82) is 0 Å². The van der Waals surface area contributed by atoms with Crippen molar-refractivity contribution in [3.05, 3.63) is 71.7 Å². The van der Waals surface area contributed by atoms with E-state index in [1.807, 2.05) is 4.90 Å². The normalized spacial score (nSPS) is 13.9. The molecular weight excluding hydrogens is 462 g/mol. The van der Waals surface area contributed by atoms with Crippen LogP contribution in [0.2, 0.25) is 0 Å². The first-order chi connectivity index (χ1) is 16.9. The van der Waals surface area contributed by atoms with E-state index in [9.17, 15) is 23.5 Å². The van der Waals surface area contributed by atoms with Gasteiger partial charge in [0, 0.05) is 38.2 Å². The average Bonchev–Trinajstić information content (AvgIpc) is 2.86. The van der Waals surface area contributed by atoms with E-state index in [0.29, 0.717) is 37.3 Å². The van der Waals surface area contributed by atoms with Crippen LogP contribution in [0.25, 0.3) is 0 Å². The summed E-state index contributed by atoms with van der Waals surface area (Å²) in [6.45, 7) is 0.812. The van der Waals surface area contributed by atoms with Gasteiger partial charge in [-0.25, -0.2) is 23.5 Å². The van der Waals surface area contributed by atoms with Crippen molar-refractivity contribution < 1.29 is 33.0 Å². The number of carboxylic acid groups (broad SMARTS) is 1. The molecule has 1 saturated heterocycles. The maximum Gasteiger partial charge on any atom is 0.356 e. The molecule has 1 aliphatic rings. The van der Waals surface area contributed by atoms with E-state index < -0.39 is 23.5 Å². The van der Waals surface area contributed by atoms with Gasteiger partial charge in [-0.3, -0.25) is 4.79 Å². The summed E-state index contributed by atoms with van der Waals surface area (Å²) in [7, 11) is 1.40. The molecule has 0 spiro atoms. The molecule has 11 heteroatoms. The number of nitrogens with one attached hydrogen (secondary N) is 1. The topological polar surface area (TPSA) is 114 Å². The van der Waals surface area contributed by atoms with Crippen LogP contribution in [0, 0.1) is 11.6 Å². The lowest BCUT2D eigenvalue weighted by Gasteiger charge is -2.34. The van der Waals surface area contributed by atoms with Gasteiger partial charge in [-0.05, 0) is 30.3 Å². The maximum atomic E-state index is 13.9. The van der Waals surface area contributed by atoms with Gasteiger partial charge in [-0.1, -0.05) is 0 Å². The Kier molecular flexibility index (Phi) is 7.04. The highest BCUT2D eigenvalue weighted by molar-refractivity contribution is 6.06. The Balaban J connectivity index is 1.48. The van der Waals surface area contributed by atoms with Crippen LogP contribution in [0.15, 0.2) is 48.8 Å². The first kappa shape index (κ1) is 23.9. The number of carboxylic acids is 1. The summed E-state index contributed by atoms with van der Waals surface area (Å²) in [5.41, 5.74) is 0.684. The molecule has 0 radical (unpaired) electrons. The smallest absolute Gasteiger partial charge is 0.356 e. The summed E-state index contributed by atoms with van der Waals surface area (Å²) in [4.78, 5) is 34.3. The van der Waals surface area contributed by atoms with E-state index in [-0.39, 0.29) is 29.0 Å². The molecule has 2 N–H and O–H groups in total. The number of carbonyl (C=O) groups is 2. The molecule has 0 atom stereocenters. The van der Waals surface area contributed by atoms with Gasteiger partial charge in [0.25, 0.3) is 5.91 Å². The van der Waals surface area contributed by atoms with Crippen LogP contribution in [-0.2, 0) is 0 Å². The number of hydrogen-bond acceptors (Lipinski definition) is 7. The van der Waals surface area contributed by atoms with Crippen molar-refractivity contribution in [2.45, 2.75) is 18.9 Å². The van der Waals surface area contributed by atoms with Crippen molar-refractivity contribution >= 4 is 23.3 Å². The molecule has 4 rings (SSSR count). The predicted octanol–water partition coefficient (Wildman–Crippen LogP) is 3.76. The summed E-state index contributed by atoms with van der Waals surface area (Å²) in [5, 5.41) is 12.3. The number of methoxy groups -OCH3 is 1. The Morgan fingerprint density at radius 2 is 1.91 bits per heavy atom. The first-order valence-electron chi connectivity index (χ1n) is 10.8. The fourth-order valence-electron chi connectivity index (χ4n) is 3.82. The van der Waals surface area contributed by atoms with E-state index in [0.717, 1.165) is 12.1 Å². The van der Waals surface area contributed by atoms with Gasteiger partial charge < -0.3 is 24.8 Å². The number of piperidine rings is 1. The van der Waals surface area contributed by atoms with Gasteiger partial charge in [-0.15, -0.1) is 0 Å². The average molecular weight is 484 g/mol. The summed E-state index contributed by atoms with van der Waals surface area (Å²) in [6, 6.07) is 7.81. The Morgan fingerprint density at radius 1 is 1.14 bits per heavy atom. The zero-order valence-electron chi connectivity index (χ0n) is 18.7. The lowest BCUT2D eigenvalue weighted by Crippen LogP contribution is -2.39. The molecule has 0 saturated carbocycles. The van der Waals surface area contributed by atoms with Crippen molar-refractivity contribution in [2.24, 2.45) is 0 Å². The minimum Gasteiger partial charge on any atom is -0.487 e. The molecule has 0 unspecified atom stereocenters. The third-order valence-electron chi connectivity index (χ3n) is 5.51. The van der Waals surface area contributed by atoms with Crippen LogP contribution in [0.4, 0.5) is 20.2 Å². The van der Waals surface area contributed by atoms with Crippen molar-refractivity contribution in [3.8, 4) is 11.6 Å². The number of halogens is 2. The molecule has 1 aromatic carbocycles. The van der Waals surface area contributed by atoms with Gasteiger partial charge in [0.05, 0.1) is 24.7 Å². The molecule has 1 fully saturated rings. The summed E-state index contributed by atoms with van der Waals surface area (Å²) in [6.07, 6.45) is 3.38. The van der Waals surface area contributed by atoms with Gasteiger partial charge in [-0.2, -0.15) is 0 Å². The number of rotatable bonds is 7. The molecular formula is C24H22F2N4O5. The number of aromatic carboxylic acids is 1. The second-order valence-electron chi connectivity index (χ2n) is 7.79. The molecule has 2 aromatic heterocycles. The molecule has 1 aliphatic heterocycles. The minimum absolute atomic E-state index is 0.0340. The number of nitrogens with zero attached hydrogens (tertiary/aromatic N) is 3. The number of ether oxygens (including phenoxy) is 2. The van der Waals surface area contributed by atoms with Crippen LogP contribution in [0.1, 0.15) is 33.7 Å².